The molecule has 0 aliphatic rings. The third kappa shape index (κ3) is 4.00. The fraction of sp³-hybridized carbons (Fsp3) is 0.333. The van der Waals surface area contributed by atoms with Crippen LogP contribution in [0.4, 0.5) is 0 Å². The zero-order chi connectivity index (χ0) is 17.0. The summed E-state index contributed by atoms with van der Waals surface area (Å²) in [5, 5.41) is 13.7. The highest BCUT2D eigenvalue weighted by Gasteiger charge is 2.10. The molecule has 5 heteroatoms. The number of hydrogen-bond donors (Lipinski definition) is 2. The van der Waals surface area contributed by atoms with E-state index in [2.05, 4.69) is 35.9 Å². The fourth-order valence-electron chi connectivity index (χ4n) is 2.49. The average molecular weight is 313 g/mol. The molecule has 122 valence electrons. The van der Waals surface area contributed by atoms with E-state index in [1.165, 1.54) is 11.8 Å². The van der Waals surface area contributed by atoms with Gasteiger partial charge in [-0.25, -0.2) is 5.43 Å². The Kier molecular flexibility index (Phi) is 5.21. The average Bonchev–Trinajstić information content (AvgIpc) is 2.75. The molecule has 0 atom stereocenters. The summed E-state index contributed by atoms with van der Waals surface area (Å²) in [6.07, 6.45) is 1.64. The van der Waals surface area contributed by atoms with Crippen LogP contribution in [0.1, 0.15) is 41.2 Å². The number of phenols is 1. The van der Waals surface area contributed by atoms with Gasteiger partial charge in [-0.2, -0.15) is 5.10 Å². The summed E-state index contributed by atoms with van der Waals surface area (Å²) in [7, 11) is 0. The van der Waals surface area contributed by atoms with Crippen molar-refractivity contribution in [3.63, 3.8) is 0 Å². The van der Waals surface area contributed by atoms with Gasteiger partial charge in [0, 0.05) is 23.5 Å². The third-order valence-electron chi connectivity index (χ3n) is 3.68. The molecule has 0 unspecified atom stereocenters. The molecular weight excluding hydrogens is 290 g/mol. The smallest absolute Gasteiger partial charge is 0.275 e. The summed E-state index contributed by atoms with van der Waals surface area (Å²) in [4.78, 5) is 12.0. The molecule has 0 aliphatic carbocycles. The first-order valence-electron chi connectivity index (χ1n) is 7.68. The molecule has 2 rings (SSSR count). The van der Waals surface area contributed by atoms with Crippen LogP contribution >= 0.6 is 0 Å². The number of hydrogen-bond acceptors (Lipinski definition) is 3. The van der Waals surface area contributed by atoms with E-state index >= 15 is 0 Å². The lowest BCUT2D eigenvalue weighted by atomic mass is 10.2. The van der Waals surface area contributed by atoms with Crippen molar-refractivity contribution in [3.05, 3.63) is 52.8 Å². The molecule has 0 saturated carbocycles. The SMILES string of the molecule is Cc1cc(/C=N\NC(=O)c2ccccc2O)c(C)n1CC(C)C. The molecule has 0 spiro atoms. The van der Waals surface area contributed by atoms with Crippen molar-refractivity contribution in [3.8, 4) is 5.75 Å². The molecule has 23 heavy (non-hydrogen) atoms. The maximum absolute atomic E-state index is 12.0. The van der Waals surface area contributed by atoms with Crippen LogP contribution in [0.15, 0.2) is 35.4 Å². The van der Waals surface area contributed by atoms with Crippen molar-refractivity contribution in [1.82, 2.24) is 9.99 Å². The maximum atomic E-state index is 12.0. The van der Waals surface area contributed by atoms with Crippen LogP contribution in [-0.2, 0) is 6.54 Å². The quantitative estimate of drug-likeness (QED) is 0.657. The number of para-hydroxylation sites is 1. The van der Waals surface area contributed by atoms with Crippen LogP contribution in [0.2, 0.25) is 0 Å². The van der Waals surface area contributed by atoms with Crippen molar-refractivity contribution >= 4 is 12.1 Å². The summed E-state index contributed by atoms with van der Waals surface area (Å²) in [6, 6.07) is 8.43. The molecule has 1 aromatic carbocycles. The zero-order valence-electron chi connectivity index (χ0n) is 14.0. The lowest BCUT2D eigenvalue weighted by Crippen LogP contribution is -2.17. The van der Waals surface area contributed by atoms with Crippen LogP contribution in [0.3, 0.4) is 0 Å². The Balaban J connectivity index is 2.09. The molecule has 2 N–H and O–H groups in total. The summed E-state index contributed by atoms with van der Waals surface area (Å²) < 4.78 is 2.25. The number of carbonyl (C=O) groups excluding carboxylic acids is 1. The van der Waals surface area contributed by atoms with Gasteiger partial charge in [0.2, 0.25) is 0 Å². The molecular formula is C18H23N3O2. The number of amides is 1. The molecule has 0 fully saturated rings. The second-order valence-electron chi connectivity index (χ2n) is 6.05. The zero-order valence-corrected chi connectivity index (χ0v) is 14.0. The first-order chi connectivity index (χ1) is 10.9. The van der Waals surface area contributed by atoms with Gasteiger partial charge in [-0.15, -0.1) is 0 Å². The molecule has 0 bridgehead atoms. The van der Waals surface area contributed by atoms with Gasteiger partial charge in [0.15, 0.2) is 0 Å². The van der Waals surface area contributed by atoms with E-state index in [9.17, 15) is 9.90 Å². The summed E-state index contributed by atoms with van der Waals surface area (Å²) in [5.74, 6) is 0.0657. The number of phenolic OH excluding ortho intramolecular Hbond substituents is 1. The van der Waals surface area contributed by atoms with Gasteiger partial charge < -0.3 is 9.67 Å². The van der Waals surface area contributed by atoms with E-state index in [0.717, 1.165) is 17.8 Å². The highest BCUT2D eigenvalue weighted by Crippen LogP contribution is 2.16. The van der Waals surface area contributed by atoms with Crippen molar-refractivity contribution in [1.29, 1.82) is 0 Å². The number of nitrogens with zero attached hydrogens (tertiary/aromatic N) is 2. The van der Waals surface area contributed by atoms with Gasteiger partial charge in [-0.1, -0.05) is 26.0 Å². The number of rotatable bonds is 5. The van der Waals surface area contributed by atoms with Gasteiger partial charge >= 0.3 is 0 Å². The van der Waals surface area contributed by atoms with Crippen LogP contribution in [0.25, 0.3) is 0 Å². The summed E-state index contributed by atoms with van der Waals surface area (Å²) in [6.45, 7) is 9.42. The molecule has 0 saturated heterocycles. The van der Waals surface area contributed by atoms with Crippen molar-refractivity contribution < 1.29 is 9.90 Å². The normalized spacial score (nSPS) is 11.3. The second kappa shape index (κ2) is 7.13. The molecule has 0 aliphatic heterocycles. The van der Waals surface area contributed by atoms with Gasteiger partial charge in [-0.3, -0.25) is 4.79 Å². The lowest BCUT2D eigenvalue weighted by Gasteiger charge is -2.11. The van der Waals surface area contributed by atoms with Gasteiger partial charge in [0.05, 0.1) is 11.8 Å². The minimum atomic E-state index is -0.435. The van der Waals surface area contributed by atoms with Gasteiger partial charge in [-0.05, 0) is 38.0 Å². The third-order valence-corrected chi connectivity index (χ3v) is 3.68. The van der Waals surface area contributed by atoms with Gasteiger partial charge in [0.1, 0.15) is 5.75 Å². The Morgan fingerprint density at radius 3 is 2.70 bits per heavy atom. The standard InChI is InChI=1S/C18H23N3O2/c1-12(2)11-21-13(3)9-15(14(21)4)10-19-20-18(23)16-7-5-6-8-17(16)22/h5-10,12,22H,11H2,1-4H3,(H,20,23)/b19-10-. The molecule has 1 amide bonds. The van der Waals surface area contributed by atoms with E-state index in [1.807, 2.05) is 13.0 Å². The van der Waals surface area contributed by atoms with E-state index < -0.39 is 5.91 Å². The first kappa shape index (κ1) is 16.8. The van der Waals surface area contributed by atoms with Crippen LogP contribution in [-0.4, -0.2) is 21.8 Å². The highest BCUT2D eigenvalue weighted by molar-refractivity contribution is 5.97. The summed E-state index contributed by atoms with van der Waals surface area (Å²) in [5.41, 5.74) is 5.92. The van der Waals surface area contributed by atoms with Gasteiger partial charge in [0.25, 0.3) is 5.91 Å². The number of hydrazone groups is 1. The topological polar surface area (TPSA) is 66.6 Å². The molecule has 1 heterocycles. The Morgan fingerprint density at radius 2 is 2.04 bits per heavy atom. The summed E-state index contributed by atoms with van der Waals surface area (Å²) >= 11 is 0. The molecule has 2 aromatic rings. The minimum absolute atomic E-state index is 0.0599. The molecule has 0 radical (unpaired) electrons. The number of aromatic nitrogens is 1. The number of aromatic hydroxyl groups is 1. The van der Waals surface area contributed by atoms with E-state index in [-0.39, 0.29) is 11.3 Å². The van der Waals surface area contributed by atoms with E-state index in [0.29, 0.717) is 5.92 Å². The van der Waals surface area contributed by atoms with E-state index in [1.54, 1.807) is 24.4 Å². The Labute approximate surface area is 136 Å². The predicted octanol–water partition coefficient (Wildman–Crippen LogP) is 3.23. The highest BCUT2D eigenvalue weighted by atomic mass is 16.3. The predicted molar refractivity (Wildman–Crippen MR) is 91.9 cm³/mol. The maximum Gasteiger partial charge on any atom is 0.275 e. The van der Waals surface area contributed by atoms with Crippen molar-refractivity contribution in [2.45, 2.75) is 34.2 Å². The van der Waals surface area contributed by atoms with E-state index in [4.69, 9.17) is 0 Å². The minimum Gasteiger partial charge on any atom is -0.507 e. The lowest BCUT2D eigenvalue weighted by molar-refractivity contribution is 0.0952. The largest absolute Gasteiger partial charge is 0.507 e. The first-order valence-corrected chi connectivity index (χ1v) is 7.68. The van der Waals surface area contributed by atoms with Crippen LogP contribution in [0, 0.1) is 19.8 Å². The fourth-order valence-corrected chi connectivity index (χ4v) is 2.49. The van der Waals surface area contributed by atoms with Crippen molar-refractivity contribution in [2.24, 2.45) is 11.0 Å². The molecule has 1 aromatic heterocycles. The van der Waals surface area contributed by atoms with Crippen LogP contribution in [0.5, 0.6) is 5.75 Å². The van der Waals surface area contributed by atoms with Crippen LogP contribution < -0.4 is 5.43 Å². The Bertz CT molecular complexity index is 730. The number of benzene rings is 1. The number of carbonyl (C=O) groups is 1. The molecule has 5 nitrogen and oxygen atoms in total. The number of nitrogens with one attached hydrogen (secondary N) is 1. The Morgan fingerprint density at radius 1 is 1.35 bits per heavy atom. The second-order valence-corrected chi connectivity index (χ2v) is 6.05. The monoisotopic (exact) mass is 313 g/mol. The number of aryl methyl sites for hydroxylation is 1. The Hall–Kier alpha value is -2.56. The van der Waals surface area contributed by atoms with Crippen molar-refractivity contribution in [2.75, 3.05) is 0 Å².